The first-order valence-electron chi connectivity index (χ1n) is 9.26. The molecule has 0 aliphatic heterocycles. The highest BCUT2D eigenvalue weighted by Crippen LogP contribution is 2.32. The van der Waals surface area contributed by atoms with E-state index in [1.165, 1.54) is 0 Å². The minimum atomic E-state index is -0.164. The van der Waals surface area contributed by atoms with Gasteiger partial charge in [0.25, 0.3) is 5.91 Å². The molecule has 0 aliphatic carbocycles. The lowest BCUT2D eigenvalue weighted by Crippen LogP contribution is -2.30. The first-order valence-corrected chi connectivity index (χ1v) is 9.64. The maximum Gasteiger partial charge on any atom is 0.257 e. The molecule has 28 heavy (non-hydrogen) atoms. The number of nitrogens with one attached hydrogen (secondary N) is 1. The standard InChI is InChI=1S/C22H28ClNO4/c1-14(2)17-12-18(23)15(3)10-20(17)28-13-22(25)24-9-8-16-6-7-19(26-4)21(11-16)27-5/h6-7,10-12,14H,8-9,13H2,1-5H3,(H,24,25). The van der Waals surface area contributed by atoms with Gasteiger partial charge in [-0.25, -0.2) is 0 Å². The highest BCUT2D eigenvalue weighted by atomic mass is 35.5. The number of hydrogen-bond donors (Lipinski definition) is 1. The maximum atomic E-state index is 12.2. The van der Waals surface area contributed by atoms with Crippen LogP contribution in [-0.2, 0) is 11.2 Å². The van der Waals surface area contributed by atoms with E-state index >= 15 is 0 Å². The van der Waals surface area contributed by atoms with Gasteiger partial charge in [-0.3, -0.25) is 4.79 Å². The lowest BCUT2D eigenvalue weighted by atomic mass is 10.0. The molecule has 6 heteroatoms. The van der Waals surface area contributed by atoms with Crippen molar-refractivity contribution < 1.29 is 19.0 Å². The van der Waals surface area contributed by atoms with Crippen molar-refractivity contribution in [2.75, 3.05) is 27.4 Å². The van der Waals surface area contributed by atoms with Gasteiger partial charge in [0, 0.05) is 11.6 Å². The molecule has 0 atom stereocenters. The van der Waals surface area contributed by atoms with Gasteiger partial charge in [-0.05, 0) is 60.2 Å². The molecule has 0 radical (unpaired) electrons. The Morgan fingerprint density at radius 2 is 1.79 bits per heavy atom. The summed E-state index contributed by atoms with van der Waals surface area (Å²) in [6, 6.07) is 9.51. The van der Waals surface area contributed by atoms with Crippen LogP contribution in [0.25, 0.3) is 0 Å². The zero-order valence-electron chi connectivity index (χ0n) is 17.1. The fourth-order valence-corrected chi connectivity index (χ4v) is 3.00. The van der Waals surface area contributed by atoms with Gasteiger partial charge in [0.05, 0.1) is 14.2 Å². The Hall–Kier alpha value is -2.40. The van der Waals surface area contributed by atoms with Gasteiger partial charge >= 0.3 is 0 Å². The van der Waals surface area contributed by atoms with Gasteiger partial charge in [-0.2, -0.15) is 0 Å². The van der Waals surface area contributed by atoms with Crippen molar-refractivity contribution in [3.05, 3.63) is 52.0 Å². The number of rotatable bonds is 9. The van der Waals surface area contributed by atoms with Gasteiger partial charge in [0.1, 0.15) is 5.75 Å². The van der Waals surface area contributed by atoms with Gasteiger partial charge in [0.15, 0.2) is 18.1 Å². The number of ether oxygens (including phenoxy) is 3. The average Bonchev–Trinajstić information content (AvgIpc) is 2.68. The Labute approximate surface area is 171 Å². The highest BCUT2D eigenvalue weighted by molar-refractivity contribution is 6.31. The molecule has 0 aromatic heterocycles. The van der Waals surface area contributed by atoms with Crippen molar-refractivity contribution >= 4 is 17.5 Å². The molecule has 5 nitrogen and oxygen atoms in total. The topological polar surface area (TPSA) is 56.8 Å². The van der Waals surface area contributed by atoms with E-state index in [1.54, 1.807) is 14.2 Å². The molecule has 0 aliphatic rings. The van der Waals surface area contributed by atoms with Crippen molar-refractivity contribution in [1.29, 1.82) is 0 Å². The SMILES string of the molecule is COc1ccc(CCNC(=O)COc2cc(C)c(Cl)cc2C(C)C)cc1OC. The van der Waals surface area contributed by atoms with Crippen LogP contribution in [-0.4, -0.2) is 33.3 Å². The lowest BCUT2D eigenvalue weighted by Gasteiger charge is -2.16. The number of aryl methyl sites for hydroxylation is 1. The molecule has 0 bridgehead atoms. The predicted octanol–water partition coefficient (Wildman–Crippen LogP) is 4.53. The Morgan fingerprint density at radius 3 is 2.43 bits per heavy atom. The minimum absolute atomic E-state index is 0.0350. The number of carbonyl (C=O) groups excluding carboxylic acids is 1. The molecule has 0 saturated carbocycles. The quantitative estimate of drug-likeness (QED) is 0.666. The smallest absolute Gasteiger partial charge is 0.257 e. The number of benzene rings is 2. The van der Waals surface area contributed by atoms with Crippen molar-refractivity contribution in [1.82, 2.24) is 5.32 Å². The molecule has 1 amide bonds. The van der Waals surface area contributed by atoms with Gasteiger partial charge < -0.3 is 19.5 Å². The Kier molecular flexibility index (Phi) is 8.00. The predicted molar refractivity (Wildman–Crippen MR) is 112 cm³/mol. The van der Waals surface area contributed by atoms with Crippen LogP contribution in [0.1, 0.15) is 36.5 Å². The third-order valence-electron chi connectivity index (χ3n) is 4.46. The van der Waals surface area contributed by atoms with Crippen molar-refractivity contribution in [3.8, 4) is 17.2 Å². The second-order valence-electron chi connectivity index (χ2n) is 6.87. The Bertz CT molecular complexity index is 820. The summed E-state index contributed by atoms with van der Waals surface area (Å²) in [5.74, 6) is 2.15. The van der Waals surface area contributed by atoms with Crippen LogP contribution >= 0.6 is 11.6 Å². The van der Waals surface area contributed by atoms with Gasteiger partial charge in [-0.1, -0.05) is 31.5 Å². The summed E-state index contributed by atoms with van der Waals surface area (Å²) in [5, 5.41) is 3.58. The summed E-state index contributed by atoms with van der Waals surface area (Å²) < 4.78 is 16.3. The maximum absolute atomic E-state index is 12.2. The molecule has 2 aromatic rings. The second-order valence-corrected chi connectivity index (χ2v) is 7.28. The van der Waals surface area contributed by atoms with Crippen LogP contribution in [0.4, 0.5) is 0 Å². The summed E-state index contributed by atoms with van der Waals surface area (Å²) in [7, 11) is 3.20. The number of halogens is 1. The fraction of sp³-hybridized carbons (Fsp3) is 0.409. The number of methoxy groups -OCH3 is 2. The zero-order valence-corrected chi connectivity index (χ0v) is 17.9. The molecule has 0 heterocycles. The molecule has 2 aromatic carbocycles. The second kappa shape index (κ2) is 10.2. The van der Waals surface area contributed by atoms with E-state index in [0.29, 0.717) is 35.2 Å². The number of carbonyl (C=O) groups is 1. The van der Waals surface area contributed by atoms with Crippen LogP contribution in [0.15, 0.2) is 30.3 Å². The average molecular weight is 406 g/mol. The van der Waals surface area contributed by atoms with E-state index in [1.807, 2.05) is 37.3 Å². The van der Waals surface area contributed by atoms with E-state index in [9.17, 15) is 4.79 Å². The summed E-state index contributed by atoms with van der Waals surface area (Å²) in [4.78, 5) is 12.2. The summed E-state index contributed by atoms with van der Waals surface area (Å²) in [6.45, 7) is 6.53. The zero-order chi connectivity index (χ0) is 20.7. The van der Waals surface area contributed by atoms with Crippen LogP contribution in [0, 0.1) is 6.92 Å². The van der Waals surface area contributed by atoms with E-state index in [-0.39, 0.29) is 18.4 Å². The summed E-state index contributed by atoms with van der Waals surface area (Å²) in [5.41, 5.74) is 2.97. The Balaban J connectivity index is 1.88. The minimum Gasteiger partial charge on any atom is -0.493 e. The molecule has 2 rings (SSSR count). The molecule has 0 unspecified atom stereocenters. The van der Waals surface area contributed by atoms with Crippen LogP contribution in [0.3, 0.4) is 0 Å². The normalized spacial score (nSPS) is 10.7. The van der Waals surface area contributed by atoms with Crippen LogP contribution < -0.4 is 19.5 Å². The first-order chi connectivity index (χ1) is 13.3. The highest BCUT2D eigenvalue weighted by Gasteiger charge is 2.13. The van der Waals surface area contributed by atoms with E-state index < -0.39 is 0 Å². The Morgan fingerprint density at radius 1 is 1.07 bits per heavy atom. The summed E-state index contributed by atoms with van der Waals surface area (Å²) >= 11 is 6.21. The van der Waals surface area contributed by atoms with Crippen LogP contribution in [0.2, 0.25) is 5.02 Å². The molecule has 0 spiro atoms. The third-order valence-corrected chi connectivity index (χ3v) is 4.86. The molecular formula is C22H28ClNO4. The molecule has 0 fully saturated rings. The fourth-order valence-electron chi connectivity index (χ4n) is 2.82. The largest absolute Gasteiger partial charge is 0.493 e. The van der Waals surface area contributed by atoms with Crippen LogP contribution in [0.5, 0.6) is 17.2 Å². The first kappa shape index (κ1) is 21.9. The number of hydrogen-bond acceptors (Lipinski definition) is 4. The van der Waals surface area contributed by atoms with E-state index in [0.717, 1.165) is 16.7 Å². The van der Waals surface area contributed by atoms with E-state index in [4.69, 9.17) is 25.8 Å². The van der Waals surface area contributed by atoms with E-state index in [2.05, 4.69) is 19.2 Å². The van der Waals surface area contributed by atoms with Gasteiger partial charge in [0.2, 0.25) is 0 Å². The monoisotopic (exact) mass is 405 g/mol. The molecular weight excluding hydrogens is 378 g/mol. The van der Waals surface area contributed by atoms with Crippen molar-refractivity contribution in [2.24, 2.45) is 0 Å². The molecule has 0 saturated heterocycles. The van der Waals surface area contributed by atoms with Crippen molar-refractivity contribution in [3.63, 3.8) is 0 Å². The molecule has 152 valence electrons. The summed E-state index contributed by atoms with van der Waals surface area (Å²) in [6.07, 6.45) is 0.684. The molecule has 1 N–H and O–H groups in total. The third kappa shape index (κ3) is 5.80. The lowest BCUT2D eigenvalue weighted by molar-refractivity contribution is -0.123. The van der Waals surface area contributed by atoms with Gasteiger partial charge in [-0.15, -0.1) is 0 Å². The number of amides is 1. The van der Waals surface area contributed by atoms with Crippen molar-refractivity contribution in [2.45, 2.75) is 33.1 Å².